The number of para-hydroxylation sites is 1. The molecule has 6 rings (SSSR count). The summed E-state index contributed by atoms with van der Waals surface area (Å²) in [5.41, 5.74) is 6.86. The molecule has 3 heterocycles. The van der Waals surface area contributed by atoms with E-state index in [0.29, 0.717) is 23.7 Å². The summed E-state index contributed by atoms with van der Waals surface area (Å²) in [6.07, 6.45) is 6.89. The number of carbonyl (C=O) groups is 2. The maximum Gasteiger partial charge on any atom is 0.335 e. The second kappa shape index (κ2) is 9.95. The maximum atomic E-state index is 13.3. The first-order valence-corrected chi connectivity index (χ1v) is 13.9. The van der Waals surface area contributed by atoms with E-state index in [4.69, 9.17) is 0 Å². The van der Waals surface area contributed by atoms with E-state index in [1.807, 2.05) is 32.3 Å². The molecule has 0 spiro atoms. The zero-order valence-electron chi connectivity index (χ0n) is 22.3. The van der Waals surface area contributed by atoms with Gasteiger partial charge in [-0.3, -0.25) is 4.79 Å². The maximum absolute atomic E-state index is 13.3. The Balaban J connectivity index is 1.58. The lowest BCUT2D eigenvalue weighted by molar-refractivity contribution is 0.0696. The number of benzene rings is 2. The van der Waals surface area contributed by atoms with Gasteiger partial charge in [-0.1, -0.05) is 43.5 Å². The summed E-state index contributed by atoms with van der Waals surface area (Å²) in [5, 5.41) is 15.1. The molecule has 0 bridgehead atoms. The highest BCUT2D eigenvalue weighted by Crippen LogP contribution is 2.46. The van der Waals surface area contributed by atoms with Crippen LogP contribution in [0, 0.1) is 0 Å². The van der Waals surface area contributed by atoms with Crippen molar-refractivity contribution in [1.82, 2.24) is 19.4 Å². The largest absolute Gasteiger partial charge is 0.478 e. The number of nitrogens with zero attached hydrogens (tertiary/aromatic N) is 3. The molecule has 0 atom stereocenters. The number of hydrogen-bond donors (Lipinski definition) is 2. The normalized spacial score (nSPS) is 16.0. The number of amides is 1. The molecule has 1 saturated carbocycles. The van der Waals surface area contributed by atoms with Gasteiger partial charge in [0.15, 0.2) is 0 Å². The van der Waals surface area contributed by atoms with Gasteiger partial charge >= 0.3 is 5.97 Å². The van der Waals surface area contributed by atoms with Crippen LogP contribution in [0.15, 0.2) is 42.5 Å². The molecule has 2 aromatic carbocycles. The van der Waals surface area contributed by atoms with Crippen molar-refractivity contribution >= 4 is 33.7 Å². The average molecular weight is 513 g/mol. The highest BCUT2D eigenvalue weighted by Gasteiger charge is 2.30. The molecule has 7 nitrogen and oxygen atoms in total. The third-order valence-corrected chi connectivity index (χ3v) is 8.38. The monoisotopic (exact) mass is 512 g/mol. The molecule has 1 amide bonds. The molecular formula is C31H36N4O3. The van der Waals surface area contributed by atoms with Crippen LogP contribution in [-0.2, 0) is 13.1 Å². The smallest absolute Gasteiger partial charge is 0.335 e. The lowest BCUT2D eigenvalue weighted by atomic mass is 9.81. The molecule has 38 heavy (non-hydrogen) atoms. The van der Waals surface area contributed by atoms with E-state index in [1.54, 1.807) is 6.07 Å². The van der Waals surface area contributed by atoms with Gasteiger partial charge in [0.2, 0.25) is 0 Å². The van der Waals surface area contributed by atoms with Gasteiger partial charge in [0.25, 0.3) is 5.91 Å². The van der Waals surface area contributed by atoms with Gasteiger partial charge in [-0.15, -0.1) is 0 Å². The van der Waals surface area contributed by atoms with Gasteiger partial charge in [-0.25, -0.2) is 4.79 Å². The number of carboxylic acid groups (broad SMARTS) is 1. The first-order chi connectivity index (χ1) is 18.4. The number of aryl methyl sites for hydroxylation is 2. The molecule has 2 N–H and O–H groups in total. The minimum atomic E-state index is -0.895. The molecule has 1 aliphatic carbocycles. The summed E-state index contributed by atoms with van der Waals surface area (Å²) in [7, 11) is 4.01. The number of carbonyl (C=O) groups excluding carboxylic acids is 1. The summed E-state index contributed by atoms with van der Waals surface area (Å²) in [4.78, 5) is 27.3. The fourth-order valence-electron chi connectivity index (χ4n) is 6.64. The molecule has 0 saturated heterocycles. The standard InChI is InChI=1S/C31H36N4O3/c1-33(2)17-14-32-30(36)26-18-21-10-6-11-24-28(21)35(26)16-7-15-34-25-19-22(31(37)38)12-13-23(25)27(29(24)34)20-8-4-3-5-9-20/h6,10-13,18-20H,3-5,7-9,14-17H2,1-2H3,(H,32,36)(H,37,38). The number of aromatic carboxylic acids is 1. The van der Waals surface area contributed by atoms with Crippen LogP contribution < -0.4 is 5.32 Å². The van der Waals surface area contributed by atoms with E-state index < -0.39 is 5.97 Å². The highest BCUT2D eigenvalue weighted by atomic mass is 16.4. The van der Waals surface area contributed by atoms with Crippen LogP contribution >= 0.6 is 0 Å². The number of rotatable bonds is 6. The molecule has 7 heteroatoms. The van der Waals surface area contributed by atoms with Crippen LogP contribution in [0.5, 0.6) is 0 Å². The molecule has 1 aliphatic heterocycles. The predicted octanol–water partition coefficient (Wildman–Crippen LogP) is 5.70. The van der Waals surface area contributed by atoms with Crippen molar-refractivity contribution in [3.05, 3.63) is 59.3 Å². The van der Waals surface area contributed by atoms with Gasteiger partial charge in [0.1, 0.15) is 5.69 Å². The Hall–Kier alpha value is -3.58. The Morgan fingerprint density at radius 2 is 1.79 bits per heavy atom. The average Bonchev–Trinajstić information content (AvgIpc) is 3.43. The summed E-state index contributed by atoms with van der Waals surface area (Å²) >= 11 is 0. The lowest BCUT2D eigenvalue weighted by Crippen LogP contribution is -2.32. The minimum absolute atomic E-state index is 0.0336. The van der Waals surface area contributed by atoms with E-state index in [2.05, 4.69) is 37.5 Å². The van der Waals surface area contributed by atoms with Crippen molar-refractivity contribution in [1.29, 1.82) is 0 Å². The summed E-state index contributed by atoms with van der Waals surface area (Å²) in [6, 6.07) is 14.1. The molecule has 2 aliphatic rings. The van der Waals surface area contributed by atoms with E-state index in [0.717, 1.165) is 60.9 Å². The number of nitrogens with one attached hydrogen (secondary N) is 1. The second-order valence-corrected chi connectivity index (χ2v) is 11.1. The Bertz CT molecular complexity index is 1540. The second-order valence-electron chi connectivity index (χ2n) is 11.1. The Morgan fingerprint density at radius 1 is 1.00 bits per heavy atom. The number of carboxylic acids is 1. The molecule has 0 radical (unpaired) electrons. The van der Waals surface area contributed by atoms with Crippen LogP contribution in [0.4, 0.5) is 0 Å². The molecule has 4 aromatic rings. The predicted molar refractivity (Wildman–Crippen MR) is 151 cm³/mol. The van der Waals surface area contributed by atoms with Crippen LogP contribution in [0.1, 0.15) is 70.9 Å². The van der Waals surface area contributed by atoms with Crippen molar-refractivity contribution < 1.29 is 14.7 Å². The van der Waals surface area contributed by atoms with Crippen LogP contribution in [-0.4, -0.2) is 58.2 Å². The zero-order valence-corrected chi connectivity index (χ0v) is 22.3. The quantitative estimate of drug-likeness (QED) is 0.347. The first-order valence-electron chi connectivity index (χ1n) is 13.9. The summed E-state index contributed by atoms with van der Waals surface area (Å²) in [5.74, 6) is -0.479. The summed E-state index contributed by atoms with van der Waals surface area (Å²) in [6.45, 7) is 2.90. The molecule has 198 valence electrons. The van der Waals surface area contributed by atoms with Gasteiger partial charge < -0.3 is 24.5 Å². The van der Waals surface area contributed by atoms with Gasteiger partial charge in [0, 0.05) is 48.0 Å². The first kappa shape index (κ1) is 24.7. The Labute approximate surface area is 223 Å². The topological polar surface area (TPSA) is 79.5 Å². The van der Waals surface area contributed by atoms with Crippen molar-refractivity contribution in [2.45, 2.75) is 57.5 Å². The van der Waals surface area contributed by atoms with E-state index >= 15 is 0 Å². The van der Waals surface area contributed by atoms with Crippen LogP contribution in [0.2, 0.25) is 0 Å². The number of likely N-dealkylation sites (N-methyl/N-ethyl adjacent to an activating group) is 1. The SMILES string of the molecule is CN(C)CCNC(=O)c1cc2cccc3c2n1CCCn1c-3c(C2CCCCC2)c2ccc(C(=O)O)cc21. The minimum Gasteiger partial charge on any atom is -0.478 e. The highest BCUT2D eigenvalue weighted by molar-refractivity contribution is 6.06. The van der Waals surface area contributed by atoms with E-state index in [-0.39, 0.29) is 5.91 Å². The molecule has 2 aromatic heterocycles. The third-order valence-electron chi connectivity index (χ3n) is 8.38. The van der Waals surface area contributed by atoms with Crippen molar-refractivity contribution in [2.75, 3.05) is 27.2 Å². The van der Waals surface area contributed by atoms with Crippen LogP contribution in [0.25, 0.3) is 33.1 Å². The molecular weight excluding hydrogens is 476 g/mol. The zero-order chi connectivity index (χ0) is 26.4. The summed E-state index contributed by atoms with van der Waals surface area (Å²) < 4.78 is 4.58. The molecule has 0 unspecified atom stereocenters. The Kier molecular flexibility index (Phi) is 6.48. The fourth-order valence-corrected chi connectivity index (χ4v) is 6.64. The van der Waals surface area contributed by atoms with E-state index in [1.165, 1.54) is 35.9 Å². The third kappa shape index (κ3) is 4.19. The van der Waals surface area contributed by atoms with Crippen LogP contribution in [0.3, 0.4) is 0 Å². The lowest BCUT2D eigenvalue weighted by Gasteiger charge is -2.25. The Morgan fingerprint density at radius 3 is 2.55 bits per heavy atom. The number of aromatic nitrogens is 2. The van der Waals surface area contributed by atoms with Crippen molar-refractivity contribution in [3.8, 4) is 11.3 Å². The van der Waals surface area contributed by atoms with Gasteiger partial charge in [-0.05, 0) is 63.0 Å². The van der Waals surface area contributed by atoms with Crippen molar-refractivity contribution in [3.63, 3.8) is 0 Å². The fraction of sp³-hybridized carbons (Fsp3) is 0.419. The number of fused-ring (bicyclic) bond motifs is 4. The molecule has 1 fully saturated rings. The van der Waals surface area contributed by atoms with Crippen molar-refractivity contribution in [2.24, 2.45) is 0 Å². The van der Waals surface area contributed by atoms with Gasteiger partial charge in [0.05, 0.1) is 16.8 Å². The van der Waals surface area contributed by atoms with E-state index in [9.17, 15) is 14.7 Å². The van der Waals surface area contributed by atoms with Gasteiger partial charge in [-0.2, -0.15) is 0 Å². The number of hydrogen-bond acceptors (Lipinski definition) is 3.